The second kappa shape index (κ2) is 6.51. The Morgan fingerprint density at radius 2 is 2.10 bits per heavy atom. The molecular weight excluding hydrogens is 272 g/mol. The molecular formula is C13H20N6S. The van der Waals surface area contributed by atoms with Crippen LogP contribution in [0.5, 0.6) is 0 Å². The number of hydrogen-bond acceptors (Lipinski definition) is 4. The molecule has 2 aromatic rings. The fourth-order valence-electron chi connectivity index (χ4n) is 1.87. The Kier molecular flexibility index (Phi) is 4.73. The van der Waals surface area contributed by atoms with Crippen molar-refractivity contribution in [2.75, 3.05) is 7.05 Å². The van der Waals surface area contributed by atoms with Gasteiger partial charge in [0.05, 0.1) is 29.5 Å². The van der Waals surface area contributed by atoms with Gasteiger partial charge in [0, 0.05) is 25.2 Å². The molecule has 0 amide bonds. The van der Waals surface area contributed by atoms with Gasteiger partial charge in [-0.2, -0.15) is 5.10 Å². The second-order valence-corrected chi connectivity index (χ2v) is 5.75. The Labute approximate surface area is 123 Å². The lowest BCUT2D eigenvalue weighted by molar-refractivity contribution is 0.684. The van der Waals surface area contributed by atoms with Crippen molar-refractivity contribution in [3.05, 3.63) is 33.5 Å². The van der Waals surface area contributed by atoms with Gasteiger partial charge in [0.2, 0.25) is 0 Å². The summed E-state index contributed by atoms with van der Waals surface area (Å²) in [5, 5.41) is 11.8. The van der Waals surface area contributed by atoms with E-state index in [0.717, 1.165) is 28.9 Å². The molecule has 2 aromatic heterocycles. The molecule has 6 nitrogen and oxygen atoms in total. The lowest BCUT2D eigenvalue weighted by Gasteiger charge is -2.11. The van der Waals surface area contributed by atoms with Crippen LogP contribution in [0.2, 0.25) is 0 Å². The van der Waals surface area contributed by atoms with E-state index in [9.17, 15) is 0 Å². The average Bonchev–Trinajstić information content (AvgIpc) is 2.96. The molecule has 2 heterocycles. The summed E-state index contributed by atoms with van der Waals surface area (Å²) in [6, 6.07) is 1.98. The maximum Gasteiger partial charge on any atom is 0.191 e. The highest BCUT2D eigenvalue weighted by Gasteiger charge is 2.06. The fourth-order valence-corrected chi connectivity index (χ4v) is 2.75. The second-order valence-electron chi connectivity index (χ2n) is 4.47. The molecule has 2 N–H and O–H groups in total. The highest BCUT2D eigenvalue weighted by molar-refractivity contribution is 7.11. The van der Waals surface area contributed by atoms with Crippen molar-refractivity contribution < 1.29 is 0 Å². The minimum Gasteiger partial charge on any atom is -0.351 e. The Hall–Kier alpha value is -1.89. The smallest absolute Gasteiger partial charge is 0.191 e. The predicted molar refractivity (Wildman–Crippen MR) is 81.8 cm³/mol. The van der Waals surface area contributed by atoms with Crippen LogP contribution in [0.15, 0.2) is 17.3 Å². The minimum absolute atomic E-state index is 0.691. The van der Waals surface area contributed by atoms with Crippen molar-refractivity contribution >= 4 is 17.3 Å². The first-order valence-corrected chi connectivity index (χ1v) is 7.26. The molecule has 0 radical (unpaired) electrons. The first-order chi connectivity index (χ1) is 9.60. The van der Waals surface area contributed by atoms with Crippen molar-refractivity contribution in [3.63, 3.8) is 0 Å². The van der Waals surface area contributed by atoms with Gasteiger partial charge in [-0.1, -0.05) is 0 Å². The maximum atomic E-state index is 4.42. The maximum absolute atomic E-state index is 4.42. The van der Waals surface area contributed by atoms with Gasteiger partial charge in [-0.15, -0.1) is 11.3 Å². The molecule has 0 saturated heterocycles. The van der Waals surface area contributed by atoms with Gasteiger partial charge in [-0.25, -0.2) is 4.98 Å². The summed E-state index contributed by atoms with van der Waals surface area (Å²) in [6.45, 7) is 5.49. The molecule has 0 bridgehead atoms. The third kappa shape index (κ3) is 3.57. The molecule has 20 heavy (non-hydrogen) atoms. The van der Waals surface area contributed by atoms with Crippen LogP contribution in [0, 0.1) is 13.8 Å². The summed E-state index contributed by atoms with van der Waals surface area (Å²) in [4.78, 5) is 9.88. The number of nitrogens with one attached hydrogen (secondary N) is 2. The van der Waals surface area contributed by atoms with Gasteiger partial charge in [-0.05, 0) is 19.9 Å². The molecule has 0 saturated carbocycles. The summed E-state index contributed by atoms with van der Waals surface area (Å²) in [5.74, 6) is 0.775. The molecule has 2 rings (SSSR count). The molecule has 0 unspecified atom stereocenters. The van der Waals surface area contributed by atoms with E-state index in [0.29, 0.717) is 6.54 Å². The van der Waals surface area contributed by atoms with Crippen molar-refractivity contribution in [1.29, 1.82) is 0 Å². The molecule has 0 atom stereocenters. The highest BCUT2D eigenvalue weighted by atomic mass is 32.1. The summed E-state index contributed by atoms with van der Waals surface area (Å²) in [5.41, 5.74) is 2.19. The largest absolute Gasteiger partial charge is 0.351 e. The molecule has 0 aliphatic rings. The number of nitrogens with zero attached hydrogens (tertiary/aromatic N) is 4. The van der Waals surface area contributed by atoms with Crippen molar-refractivity contribution in [2.45, 2.75) is 26.9 Å². The number of guanidine groups is 1. The third-order valence-corrected chi connectivity index (χ3v) is 4.07. The number of aliphatic imine (C=N–C) groups is 1. The topological polar surface area (TPSA) is 67.1 Å². The molecule has 0 fully saturated rings. The van der Waals surface area contributed by atoms with Crippen LogP contribution in [0.3, 0.4) is 0 Å². The molecule has 0 aromatic carbocycles. The number of aromatic nitrogens is 3. The van der Waals surface area contributed by atoms with Gasteiger partial charge in [0.1, 0.15) is 0 Å². The van der Waals surface area contributed by atoms with Gasteiger partial charge >= 0.3 is 0 Å². The van der Waals surface area contributed by atoms with Gasteiger partial charge in [-0.3, -0.25) is 9.67 Å². The lowest BCUT2D eigenvalue weighted by atomic mass is 10.4. The molecule has 108 valence electrons. The Morgan fingerprint density at radius 1 is 1.35 bits per heavy atom. The van der Waals surface area contributed by atoms with Gasteiger partial charge in [0.15, 0.2) is 5.96 Å². The quantitative estimate of drug-likeness (QED) is 0.659. The predicted octanol–water partition coefficient (Wildman–Crippen LogP) is 1.36. The number of aryl methyl sites for hydroxylation is 3. The molecule has 0 aliphatic carbocycles. The SMILES string of the molecule is CN=C(NCc1sc(C)nc1C)NCc1ccnn1C. The van der Waals surface area contributed by atoms with Crippen LogP contribution in [-0.2, 0) is 20.1 Å². The Balaban J connectivity index is 1.87. The zero-order valence-corrected chi connectivity index (χ0v) is 13.1. The molecule has 7 heteroatoms. The van der Waals surface area contributed by atoms with E-state index in [4.69, 9.17) is 0 Å². The van der Waals surface area contributed by atoms with E-state index in [1.807, 2.05) is 31.6 Å². The Morgan fingerprint density at radius 3 is 2.65 bits per heavy atom. The average molecular weight is 292 g/mol. The van der Waals surface area contributed by atoms with Crippen LogP contribution in [0.1, 0.15) is 21.3 Å². The summed E-state index contributed by atoms with van der Waals surface area (Å²) in [6.07, 6.45) is 1.79. The first kappa shape index (κ1) is 14.5. The lowest BCUT2D eigenvalue weighted by Crippen LogP contribution is -2.36. The van der Waals surface area contributed by atoms with Crippen molar-refractivity contribution in [2.24, 2.45) is 12.0 Å². The monoisotopic (exact) mass is 292 g/mol. The van der Waals surface area contributed by atoms with Crippen molar-refractivity contribution in [3.8, 4) is 0 Å². The number of hydrogen-bond donors (Lipinski definition) is 2. The summed E-state index contributed by atoms with van der Waals surface area (Å²) in [7, 11) is 3.69. The zero-order valence-electron chi connectivity index (χ0n) is 12.3. The van der Waals surface area contributed by atoms with E-state index in [-0.39, 0.29) is 0 Å². The normalized spacial score (nSPS) is 11.7. The fraction of sp³-hybridized carbons (Fsp3) is 0.462. The van der Waals surface area contributed by atoms with Crippen LogP contribution in [-0.4, -0.2) is 27.8 Å². The van der Waals surface area contributed by atoms with Crippen LogP contribution < -0.4 is 10.6 Å². The minimum atomic E-state index is 0.691. The molecule has 0 spiro atoms. The first-order valence-electron chi connectivity index (χ1n) is 6.44. The number of rotatable bonds is 4. The Bertz CT molecular complexity index is 598. The summed E-state index contributed by atoms with van der Waals surface area (Å²) < 4.78 is 1.84. The number of thiazole rings is 1. The van der Waals surface area contributed by atoms with E-state index in [1.165, 1.54) is 4.88 Å². The molecule has 0 aliphatic heterocycles. The van der Waals surface area contributed by atoms with Crippen molar-refractivity contribution in [1.82, 2.24) is 25.4 Å². The van der Waals surface area contributed by atoms with Crippen LogP contribution in [0.25, 0.3) is 0 Å². The van der Waals surface area contributed by atoms with E-state index in [1.54, 1.807) is 24.6 Å². The van der Waals surface area contributed by atoms with E-state index in [2.05, 4.69) is 25.7 Å². The van der Waals surface area contributed by atoms with E-state index < -0.39 is 0 Å². The van der Waals surface area contributed by atoms with Crippen LogP contribution >= 0.6 is 11.3 Å². The highest BCUT2D eigenvalue weighted by Crippen LogP contribution is 2.16. The van der Waals surface area contributed by atoms with Crippen LogP contribution in [0.4, 0.5) is 0 Å². The van der Waals surface area contributed by atoms with E-state index >= 15 is 0 Å². The zero-order chi connectivity index (χ0) is 14.5. The van der Waals surface area contributed by atoms with Gasteiger partial charge < -0.3 is 10.6 Å². The standard InChI is InChI=1S/C13H20N6S/c1-9-12(20-10(2)18-9)8-16-13(14-3)15-7-11-5-6-17-19(11)4/h5-6H,7-8H2,1-4H3,(H2,14,15,16). The van der Waals surface area contributed by atoms with Gasteiger partial charge in [0.25, 0.3) is 0 Å². The summed E-state index contributed by atoms with van der Waals surface area (Å²) >= 11 is 1.71. The third-order valence-electron chi connectivity index (χ3n) is 3.00.